The lowest BCUT2D eigenvalue weighted by Gasteiger charge is -2.44. The van der Waals surface area contributed by atoms with Gasteiger partial charge in [0.1, 0.15) is 18.3 Å². The standard InChI is InChI=1S/C8H15NO6/c1-3(11)8(14)7(9)6(13)5(12)4(2-10)15-8/h4-7,10,12-14H,2,9H2,1H3/t4-,5-,6+,7-,8+/m1/s1. The van der Waals surface area contributed by atoms with Crippen molar-refractivity contribution in [1.82, 2.24) is 0 Å². The van der Waals surface area contributed by atoms with Gasteiger partial charge in [0.2, 0.25) is 5.79 Å². The van der Waals surface area contributed by atoms with E-state index in [-0.39, 0.29) is 0 Å². The van der Waals surface area contributed by atoms with E-state index < -0.39 is 42.5 Å². The lowest BCUT2D eigenvalue weighted by molar-refractivity contribution is -0.296. The Bertz CT molecular complexity index is 258. The Morgan fingerprint density at radius 3 is 2.40 bits per heavy atom. The van der Waals surface area contributed by atoms with Crippen LogP contribution in [0.15, 0.2) is 0 Å². The first kappa shape index (κ1) is 12.5. The van der Waals surface area contributed by atoms with E-state index in [1.165, 1.54) is 0 Å². The summed E-state index contributed by atoms with van der Waals surface area (Å²) in [6, 6.07) is -1.45. The van der Waals surface area contributed by atoms with Gasteiger partial charge in [-0.25, -0.2) is 0 Å². The minimum atomic E-state index is -2.37. The van der Waals surface area contributed by atoms with Gasteiger partial charge in [0.15, 0.2) is 5.78 Å². The highest BCUT2D eigenvalue weighted by atomic mass is 16.7. The molecule has 15 heavy (non-hydrogen) atoms. The first-order valence-electron chi connectivity index (χ1n) is 4.48. The number of carbonyl (C=O) groups excluding carboxylic acids is 1. The van der Waals surface area contributed by atoms with E-state index in [2.05, 4.69) is 0 Å². The predicted octanol–water partition coefficient (Wildman–Crippen LogP) is -3.30. The Kier molecular flexibility index (Phi) is 3.44. The minimum absolute atomic E-state index is 0.638. The molecule has 0 aromatic rings. The monoisotopic (exact) mass is 221 g/mol. The highest BCUT2D eigenvalue weighted by Gasteiger charge is 2.54. The highest BCUT2D eigenvalue weighted by molar-refractivity contribution is 5.84. The van der Waals surface area contributed by atoms with E-state index in [0.717, 1.165) is 6.92 Å². The minimum Gasteiger partial charge on any atom is -0.394 e. The van der Waals surface area contributed by atoms with Gasteiger partial charge in [0.05, 0.1) is 12.6 Å². The molecule has 0 aromatic heterocycles. The zero-order chi connectivity index (χ0) is 11.8. The molecule has 1 saturated heterocycles. The largest absolute Gasteiger partial charge is 0.394 e. The Morgan fingerprint density at radius 1 is 1.47 bits per heavy atom. The van der Waals surface area contributed by atoms with Crippen molar-refractivity contribution >= 4 is 5.78 Å². The summed E-state index contributed by atoms with van der Waals surface area (Å²) in [5, 5.41) is 37.4. The van der Waals surface area contributed by atoms with Gasteiger partial charge in [-0.15, -0.1) is 0 Å². The van der Waals surface area contributed by atoms with Gasteiger partial charge in [0.25, 0.3) is 0 Å². The number of ketones is 1. The van der Waals surface area contributed by atoms with Crippen molar-refractivity contribution in [3.05, 3.63) is 0 Å². The fourth-order valence-corrected chi connectivity index (χ4v) is 1.51. The zero-order valence-corrected chi connectivity index (χ0v) is 8.20. The number of aliphatic hydroxyl groups excluding tert-OH is 3. The second-order valence-corrected chi connectivity index (χ2v) is 3.60. The Balaban J connectivity index is 2.97. The lowest BCUT2D eigenvalue weighted by atomic mass is 9.89. The van der Waals surface area contributed by atoms with Crippen molar-refractivity contribution < 1.29 is 30.0 Å². The molecule has 7 nitrogen and oxygen atoms in total. The van der Waals surface area contributed by atoms with E-state index in [9.17, 15) is 20.1 Å². The third kappa shape index (κ3) is 1.89. The van der Waals surface area contributed by atoms with Gasteiger partial charge >= 0.3 is 0 Å². The summed E-state index contributed by atoms with van der Waals surface area (Å²) >= 11 is 0. The Morgan fingerprint density at radius 2 is 2.00 bits per heavy atom. The summed E-state index contributed by atoms with van der Waals surface area (Å²) in [6.07, 6.45) is -4.22. The molecule has 6 N–H and O–H groups in total. The fourth-order valence-electron chi connectivity index (χ4n) is 1.51. The molecule has 1 aliphatic rings. The third-order valence-electron chi connectivity index (χ3n) is 2.57. The molecule has 0 unspecified atom stereocenters. The van der Waals surface area contributed by atoms with Crippen LogP contribution >= 0.6 is 0 Å². The Hall–Kier alpha value is -0.570. The van der Waals surface area contributed by atoms with Crippen LogP contribution in [0.25, 0.3) is 0 Å². The van der Waals surface area contributed by atoms with Crippen LogP contribution in [0.5, 0.6) is 0 Å². The second kappa shape index (κ2) is 4.12. The van der Waals surface area contributed by atoms with E-state index in [1.54, 1.807) is 0 Å². The first-order valence-corrected chi connectivity index (χ1v) is 4.48. The van der Waals surface area contributed by atoms with Gasteiger partial charge in [-0.05, 0) is 0 Å². The van der Waals surface area contributed by atoms with Crippen LogP contribution in [0.2, 0.25) is 0 Å². The lowest BCUT2D eigenvalue weighted by Crippen LogP contribution is -2.70. The molecule has 0 saturated carbocycles. The molecule has 0 aromatic carbocycles. The molecule has 0 amide bonds. The molecular weight excluding hydrogens is 206 g/mol. The summed E-state index contributed by atoms with van der Waals surface area (Å²) in [7, 11) is 0. The van der Waals surface area contributed by atoms with Crippen LogP contribution in [0.3, 0.4) is 0 Å². The molecular formula is C8H15NO6. The van der Waals surface area contributed by atoms with E-state index in [0.29, 0.717) is 0 Å². The topological polar surface area (TPSA) is 133 Å². The number of nitrogens with two attached hydrogens (primary N) is 1. The van der Waals surface area contributed by atoms with Crippen molar-refractivity contribution in [2.75, 3.05) is 6.61 Å². The molecule has 0 aliphatic carbocycles. The van der Waals surface area contributed by atoms with Crippen molar-refractivity contribution in [2.24, 2.45) is 5.73 Å². The van der Waals surface area contributed by atoms with Crippen molar-refractivity contribution in [2.45, 2.75) is 37.1 Å². The van der Waals surface area contributed by atoms with Gasteiger partial charge in [0, 0.05) is 6.92 Å². The molecule has 5 atom stereocenters. The van der Waals surface area contributed by atoms with Crippen LogP contribution in [0.4, 0.5) is 0 Å². The van der Waals surface area contributed by atoms with Crippen LogP contribution in [-0.4, -0.2) is 63.0 Å². The molecule has 0 radical (unpaired) electrons. The first-order chi connectivity index (χ1) is 6.84. The molecule has 1 fully saturated rings. The molecule has 1 heterocycles. The molecule has 0 spiro atoms. The normalized spacial score (nSPS) is 46.5. The molecule has 7 heteroatoms. The number of carbonyl (C=O) groups is 1. The van der Waals surface area contributed by atoms with E-state index in [1.807, 2.05) is 0 Å². The summed E-state index contributed by atoms with van der Waals surface area (Å²) < 4.78 is 4.80. The van der Waals surface area contributed by atoms with Crippen LogP contribution in [0.1, 0.15) is 6.92 Å². The maximum Gasteiger partial charge on any atom is 0.244 e. The van der Waals surface area contributed by atoms with Gasteiger partial charge in [-0.1, -0.05) is 0 Å². The fraction of sp³-hybridized carbons (Fsp3) is 0.875. The van der Waals surface area contributed by atoms with Crippen molar-refractivity contribution in [1.29, 1.82) is 0 Å². The van der Waals surface area contributed by atoms with Crippen LogP contribution in [0, 0.1) is 0 Å². The predicted molar refractivity (Wildman–Crippen MR) is 47.6 cm³/mol. The van der Waals surface area contributed by atoms with Crippen LogP contribution in [-0.2, 0) is 9.53 Å². The number of aliphatic hydroxyl groups is 4. The van der Waals surface area contributed by atoms with E-state index in [4.69, 9.17) is 15.6 Å². The quantitative estimate of drug-likeness (QED) is 0.330. The summed E-state index contributed by atoms with van der Waals surface area (Å²) in [4.78, 5) is 11.1. The number of ether oxygens (including phenoxy) is 1. The summed E-state index contributed by atoms with van der Waals surface area (Å²) in [5.41, 5.74) is 5.38. The third-order valence-corrected chi connectivity index (χ3v) is 2.57. The van der Waals surface area contributed by atoms with Gasteiger partial charge in [-0.3, -0.25) is 4.79 Å². The highest BCUT2D eigenvalue weighted by Crippen LogP contribution is 2.27. The molecule has 1 rings (SSSR count). The molecule has 0 bridgehead atoms. The maximum absolute atomic E-state index is 11.1. The SMILES string of the molecule is CC(=O)[C@]1(O)O[C@H](CO)[C@@H](O)[C@H](O)[C@H]1N. The summed E-state index contributed by atoms with van der Waals surface area (Å²) in [5.74, 6) is -3.16. The Labute approximate surface area is 86.1 Å². The molecule has 88 valence electrons. The second-order valence-electron chi connectivity index (χ2n) is 3.60. The van der Waals surface area contributed by atoms with Gasteiger partial charge < -0.3 is 30.9 Å². The maximum atomic E-state index is 11.1. The average molecular weight is 221 g/mol. The zero-order valence-electron chi connectivity index (χ0n) is 8.20. The average Bonchev–Trinajstić information content (AvgIpc) is 2.20. The molecule has 1 aliphatic heterocycles. The van der Waals surface area contributed by atoms with Crippen LogP contribution < -0.4 is 5.73 Å². The smallest absolute Gasteiger partial charge is 0.244 e. The number of rotatable bonds is 2. The van der Waals surface area contributed by atoms with E-state index >= 15 is 0 Å². The number of hydrogen-bond donors (Lipinski definition) is 5. The summed E-state index contributed by atoms with van der Waals surface area (Å²) in [6.45, 7) is 0.402. The number of hydrogen-bond acceptors (Lipinski definition) is 7. The number of Topliss-reactive ketones (excluding diaryl/α,β-unsaturated/α-hetero) is 1. The van der Waals surface area contributed by atoms with Crippen molar-refractivity contribution in [3.8, 4) is 0 Å². The van der Waals surface area contributed by atoms with Crippen molar-refractivity contribution in [3.63, 3.8) is 0 Å². The van der Waals surface area contributed by atoms with Gasteiger partial charge in [-0.2, -0.15) is 0 Å².